The number of ether oxygens (including phenoxy) is 2. The summed E-state index contributed by atoms with van der Waals surface area (Å²) in [7, 11) is 1.59. The van der Waals surface area contributed by atoms with Crippen molar-refractivity contribution in [3.8, 4) is 17.2 Å². The van der Waals surface area contributed by atoms with Crippen molar-refractivity contribution in [2.75, 3.05) is 13.7 Å². The molecule has 2 rings (SSSR count). The Morgan fingerprint density at radius 2 is 1.89 bits per heavy atom. The molecule has 0 aliphatic heterocycles. The molecule has 144 valence electrons. The van der Waals surface area contributed by atoms with Crippen molar-refractivity contribution in [2.24, 2.45) is 5.10 Å². The van der Waals surface area contributed by atoms with Gasteiger partial charge in [0.05, 0.1) is 19.9 Å². The molecule has 2 aromatic carbocycles. The van der Waals surface area contributed by atoms with Crippen molar-refractivity contribution >= 4 is 12.1 Å². The van der Waals surface area contributed by atoms with E-state index in [1.807, 2.05) is 12.1 Å². The Kier molecular flexibility index (Phi) is 8.16. The van der Waals surface area contributed by atoms with E-state index in [0.717, 1.165) is 18.4 Å². The summed E-state index contributed by atoms with van der Waals surface area (Å²) in [6.07, 6.45) is 6.12. The predicted molar refractivity (Wildman–Crippen MR) is 106 cm³/mol. The van der Waals surface area contributed by atoms with Crippen LogP contribution in [0.2, 0.25) is 0 Å². The number of hydrazone groups is 1. The third kappa shape index (κ3) is 6.66. The molecule has 0 saturated heterocycles. The molecule has 2 aromatic rings. The highest BCUT2D eigenvalue weighted by atomic mass is 16.5. The fourth-order valence-electron chi connectivity index (χ4n) is 2.44. The molecule has 6 nitrogen and oxygen atoms in total. The van der Waals surface area contributed by atoms with Crippen LogP contribution >= 0.6 is 0 Å². The molecule has 0 radical (unpaired) electrons. The highest BCUT2D eigenvalue weighted by Gasteiger charge is 2.06. The van der Waals surface area contributed by atoms with Crippen molar-refractivity contribution in [2.45, 2.75) is 32.6 Å². The van der Waals surface area contributed by atoms with Gasteiger partial charge in [-0.3, -0.25) is 4.79 Å². The van der Waals surface area contributed by atoms with E-state index in [1.165, 1.54) is 43.3 Å². The van der Waals surface area contributed by atoms with E-state index in [9.17, 15) is 9.90 Å². The number of benzene rings is 2. The molecule has 0 unspecified atom stereocenters. The number of hydrogen-bond acceptors (Lipinski definition) is 5. The number of aromatic hydroxyl groups is 1. The molecule has 27 heavy (non-hydrogen) atoms. The minimum absolute atomic E-state index is 0.106. The Hall–Kier alpha value is -3.02. The third-order valence-corrected chi connectivity index (χ3v) is 3.95. The summed E-state index contributed by atoms with van der Waals surface area (Å²) in [6, 6.07) is 11.4. The zero-order valence-corrected chi connectivity index (χ0v) is 15.8. The maximum absolute atomic E-state index is 12.0. The number of carbonyl (C=O) groups excluding carboxylic acids is 1. The van der Waals surface area contributed by atoms with E-state index in [4.69, 9.17) is 9.47 Å². The van der Waals surface area contributed by atoms with Crippen molar-refractivity contribution in [3.05, 3.63) is 53.6 Å². The highest BCUT2D eigenvalue weighted by Crippen LogP contribution is 2.27. The van der Waals surface area contributed by atoms with E-state index < -0.39 is 0 Å². The SMILES string of the molecule is CCCCCCOc1ccc(/C=N/NC(=O)c2ccc(O)cc2)cc1OC. The number of nitrogens with one attached hydrogen (secondary N) is 1. The number of nitrogens with zero attached hydrogens (tertiary/aromatic N) is 1. The molecule has 0 bridgehead atoms. The molecule has 1 amide bonds. The first-order chi connectivity index (χ1) is 13.1. The summed E-state index contributed by atoms with van der Waals surface area (Å²) in [6.45, 7) is 2.84. The predicted octanol–water partition coefficient (Wildman–Crippen LogP) is 4.12. The van der Waals surface area contributed by atoms with Crippen LogP contribution in [0.4, 0.5) is 0 Å². The number of unbranched alkanes of at least 4 members (excludes halogenated alkanes) is 3. The number of rotatable bonds is 10. The standard InChI is InChI=1S/C21H26N2O4/c1-3-4-5-6-13-27-19-12-7-16(14-20(19)26-2)15-22-23-21(25)17-8-10-18(24)11-9-17/h7-12,14-15,24H,3-6,13H2,1-2H3,(H,23,25)/b22-15+. The molecule has 0 spiro atoms. The minimum atomic E-state index is -0.356. The van der Waals surface area contributed by atoms with Gasteiger partial charge in [0.25, 0.3) is 5.91 Å². The van der Waals surface area contributed by atoms with Gasteiger partial charge in [-0.2, -0.15) is 5.10 Å². The maximum atomic E-state index is 12.0. The highest BCUT2D eigenvalue weighted by molar-refractivity contribution is 5.95. The average molecular weight is 370 g/mol. The topological polar surface area (TPSA) is 80.2 Å². The largest absolute Gasteiger partial charge is 0.508 e. The zero-order valence-electron chi connectivity index (χ0n) is 15.8. The number of amides is 1. The number of hydrogen-bond donors (Lipinski definition) is 2. The molecular weight excluding hydrogens is 344 g/mol. The maximum Gasteiger partial charge on any atom is 0.271 e. The van der Waals surface area contributed by atoms with E-state index in [1.54, 1.807) is 13.2 Å². The van der Waals surface area contributed by atoms with Gasteiger partial charge in [0.15, 0.2) is 11.5 Å². The molecule has 0 atom stereocenters. The van der Waals surface area contributed by atoms with Gasteiger partial charge in [0.1, 0.15) is 5.75 Å². The van der Waals surface area contributed by atoms with Crippen LogP contribution in [0.3, 0.4) is 0 Å². The first-order valence-electron chi connectivity index (χ1n) is 9.07. The van der Waals surface area contributed by atoms with Crippen LogP contribution in [0.25, 0.3) is 0 Å². The molecular formula is C21H26N2O4. The molecule has 6 heteroatoms. The third-order valence-electron chi connectivity index (χ3n) is 3.95. The summed E-state index contributed by atoms with van der Waals surface area (Å²) in [4.78, 5) is 12.0. The van der Waals surface area contributed by atoms with E-state index in [0.29, 0.717) is 23.7 Å². The second-order valence-electron chi connectivity index (χ2n) is 6.07. The van der Waals surface area contributed by atoms with Crippen molar-refractivity contribution in [1.82, 2.24) is 5.43 Å². The van der Waals surface area contributed by atoms with Crippen LogP contribution in [-0.4, -0.2) is 30.9 Å². The van der Waals surface area contributed by atoms with Crippen LogP contribution in [-0.2, 0) is 0 Å². The second-order valence-corrected chi connectivity index (χ2v) is 6.07. The lowest BCUT2D eigenvalue weighted by Gasteiger charge is -2.11. The van der Waals surface area contributed by atoms with Crippen molar-refractivity contribution in [1.29, 1.82) is 0 Å². The van der Waals surface area contributed by atoms with Gasteiger partial charge in [-0.1, -0.05) is 26.2 Å². The number of methoxy groups -OCH3 is 1. The van der Waals surface area contributed by atoms with E-state index in [-0.39, 0.29) is 11.7 Å². The van der Waals surface area contributed by atoms with Gasteiger partial charge < -0.3 is 14.6 Å². The Balaban J connectivity index is 1.91. The van der Waals surface area contributed by atoms with E-state index in [2.05, 4.69) is 17.5 Å². The van der Waals surface area contributed by atoms with Crippen molar-refractivity contribution in [3.63, 3.8) is 0 Å². The fraction of sp³-hybridized carbons (Fsp3) is 0.333. The van der Waals surface area contributed by atoms with Gasteiger partial charge >= 0.3 is 0 Å². The van der Waals surface area contributed by atoms with Gasteiger partial charge in [0, 0.05) is 5.56 Å². The van der Waals surface area contributed by atoms with Crippen LogP contribution in [0.5, 0.6) is 17.2 Å². The van der Waals surface area contributed by atoms with Crippen molar-refractivity contribution < 1.29 is 19.4 Å². The summed E-state index contributed by atoms with van der Waals surface area (Å²) in [5, 5.41) is 13.2. The molecule has 0 aromatic heterocycles. The minimum Gasteiger partial charge on any atom is -0.508 e. The van der Waals surface area contributed by atoms with Gasteiger partial charge in [0.2, 0.25) is 0 Å². The Labute approximate surface area is 159 Å². The van der Waals surface area contributed by atoms with Gasteiger partial charge in [-0.05, 0) is 54.4 Å². The fourth-order valence-corrected chi connectivity index (χ4v) is 2.44. The van der Waals surface area contributed by atoms with E-state index >= 15 is 0 Å². The Morgan fingerprint density at radius 3 is 2.59 bits per heavy atom. The molecule has 0 saturated carbocycles. The first kappa shape index (κ1) is 20.3. The quantitative estimate of drug-likeness (QED) is 0.374. The first-order valence-corrected chi connectivity index (χ1v) is 9.07. The molecule has 2 N–H and O–H groups in total. The molecule has 0 aliphatic rings. The lowest BCUT2D eigenvalue weighted by molar-refractivity contribution is 0.0955. The second kappa shape index (κ2) is 10.9. The van der Waals surface area contributed by atoms with Crippen LogP contribution in [0.15, 0.2) is 47.6 Å². The normalized spacial score (nSPS) is 10.7. The summed E-state index contributed by atoms with van der Waals surface area (Å²) >= 11 is 0. The summed E-state index contributed by atoms with van der Waals surface area (Å²) < 4.78 is 11.2. The summed E-state index contributed by atoms with van der Waals surface area (Å²) in [5.74, 6) is 1.07. The lowest BCUT2D eigenvalue weighted by Crippen LogP contribution is -2.17. The number of phenols is 1. The van der Waals surface area contributed by atoms with Gasteiger partial charge in [-0.25, -0.2) is 5.43 Å². The molecule has 0 aliphatic carbocycles. The Morgan fingerprint density at radius 1 is 1.11 bits per heavy atom. The smallest absolute Gasteiger partial charge is 0.271 e. The number of carbonyl (C=O) groups is 1. The van der Waals surface area contributed by atoms with Gasteiger partial charge in [-0.15, -0.1) is 0 Å². The zero-order chi connectivity index (χ0) is 19.5. The molecule has 0 fully saturated rings. The lowest BCUT2D eigenvalue weighted by atomic mass is 10.2. The Bertz CT molecular complexity index is 757. The average Bonchev–Trinajstić information content (AvgIpc) is 2.69. The molecule has 0 heterocycles. The monoisotopic (exact) mass is 370 g/mol. The number of phenolic OH excluding ortho intramolecular Hbond substituents is 1. The summed E-state index contributed by atoms with van der Waals surface area (Å²) in [5.41, 5.74) is 3.64. The van der Waals surface area contributed by atoms with Crippen LogP contribution in [0.1, 0.15) is 48.5 Å². The van der Waals surface area contributed by atoms with Crippen LogP contribution < -0.4 is 14.9 Å². The van der Waals surface area contributed by atoms with Crippen LogP contribution in [0, 0.1) is 0 Å².